The summed E-state index contributed by atoms with van der Waals surface area (Å²) in [5.74, 6) is 0.910. The van der Waals surface area contributed by atoms with E-state index in [1.807, 2.05) is 24.9 Å². The number of methoxy groups -OCH3 is 1. The zero-order chi connectivity index (χ0) is 14.7. The Hall–Kier alpha value is -1.71. The number of ether oxygens (including phenoxy) is 1. The largest absolute Gasteiger partial charge is 0.497 e. The summed E-state index contributed by atoms with van der Waals surface area (Å²) in [6.07, 6.45) is 3.34. The van der Waals surface area contributed by atoms with E-state index in [1.54, 1.807) is 7.11 Å². The van der Waals surface area contributed by atoms with Crippen LogP contribution in [0.4, 0.5) is 0 Å². The molecular formula is C18H19NOS. The van der Waals surface area contributed by atoms with Crippen LogP contribution in [0.3, 0.4) is 0 Å². The van der Waals surface area contributed by atoms with Crippen molar-refractivity contribution < 1.29 is 4.74 Å². The molecule has 3 rings (SSSR count). The summed E-state index contributed by atoms with van der Waals surface area (Å²) >= 11 is 1.83. The maximum Gasteiger partial charge on any atom is 0.119 e. The summed E-state index contributed by atoms with van der Waals surface area (Å²) in [5, 5.41) is 3.20. The molecule has 0 radical (unpaired) electrons. The molecule has 3 heteroatoms. The number of fused-ring (bicyclic) bond motifs is 2. The first-order valence-electron chi connectivity index (χ1n) is 7.14. The normalized spacial score (nSPS) is 14.7. The van der Waals surface area contributed by atoms with Gasteiger partial charge in [0, 0.05) is 9.79 Å². The van der Waals surface area contributed by atoms with E-state index in [0.717, 1.165) is 18.7 Å². The lowest BCUT2D eigenvalue weighted by Gasteiger charge is -2.22. The van der Waals surface area contributed by atoms with Crippen molar-refractivity contribution in [2.45, 2.75) is 16.2 Å². The fourth-order valence-electron chi connectivity index (χ4n) is 2.56. The van der Waals surface area contributed by atoms with Crippen LogP contribution in [0, 0.1) is 0 Å². The Kier molecular flexibility index (Phi) is 4.32. The smallest absolute Gasteiger partial charge is 0.119 e. The Balaban J connectivity index is 2.10. The van der Waals surface area contributed by atoms with Crippen LogP contribution in [0.25, 0.3) is 5.57 Å². The van der Waals surface area contributed by atoms with E-state index in [4.69, 9.17) is 4.74 Å². The molecule has 1 heterocycles. The Morgan fingerprint density at radius 3 is 2.71 bits per heavy atom. The highest BCUT2D eigenvalue weighted by molar-refractivity contribution is 7.99. The minimum atomic E-state index is 0.910. The van der Waals surface area contributed by atoms with Gasteiger partial charge in [-0.3, -0.25) is 0 Å². The van der Waals surface area contributed by atoms with Gasteiger partial charge < -0.3 is 10.1 Å². The highest BCUT2D eigenvalue weighted by atomic mass is 32.2. The molecule has 2 nitrogen and oxygen atoms in total. The molecule has 0 aliphatic carbocycles. The van der Waals surface area contributed by atoms with Crippen LogP contribution in [0.15, 0.2) is 58.3 Å². The first-order valence-corrected chi connectivity index (χ1v) is 7.95. The van der Waals surface area contributed by atoms with Gasteiger partial charge in [0.15, 0.2) is 0 Å². The minimum absolute atomic E-state index is 0.910. The number of benzene rings is 2. The molecule has 1 aliphatic heterocycles. The zero-order valence-electron chi connectivity index (χ0n) is 12.3. The van der Waals surface area contributed by atoms with Crippen LogP contribution in [0.1, 0.15) is 17.5 Å². The average Bonchev–Trinajstić information content (AvgIpc) is 2.54. The molecule has 21 heavy (non-hydrogen) atoms. The van der Waals surface area contributed by atoms with Gasteiger partial charge in [0.05, 0.1) is 7.11 Å². The second kappa shape index (κ2) is 6.37. The predicted molar refractivity (Wildman–Crippen MR) is 89.2 cm³/mol. The third-order valence-corrected chi connectivity index (χ3v) is 4.77. The molecule has 108 valence electrons. The van der Waals surface area contributed by atoms with Gasteiger partial charge in [0.25, 0.3) is 0 Å². The monoisotopic (exact) mass is 297 g/mol. The first kappa shape index (κ1) is 14.2. The standard InChI is InChI=1S/C18H19NOS/c1-19-11-5-7-14-15-6-3-4-8-17(15)21-18-10-9-13(20-2)12-16(14)18/h3-4,6-10,12,19H,5,11H2,1-2H3/b14-7+. The maximum atomic E-state index is 5.39. The van der Waals surface area contributed by atoms with Gasteiger partial charge in [-0.1, -0.05) is 36.0 Å². The fourth-order valence-corrected chi connectivity index (χ4v) is 3.64. The van der Waals surface area contributed by atoms with Crippen LogP contribution in [-0.4, -0.2) is 20.7 Å². The van der Waals surface area contributed by atoms with Crippen LogP contribution in [0.5, 0.6) is 5.75 Å². The Labute approximate surface area is 130 Å². The SMILES string of the molecule is CNCC/C=C1\c2ccccc2Sc2ccc(OC)cc21. The predicted octanol–water partition coefficient (Wildman–Crippen LogP) is 4.20. The van der Waals surface area contributed by atoms with Crippen molar-refractivity contribution in [3.63, 3.8) is 0 Å². The Bertz CT molecular complexity index is 679. The molecule has 1 aliphatic rings. The van der Waals surface area contributed by atoms with Crippen molar-refractivity contribution in [2.24, 2.45) is 0 Å². The minimum Gasteiger partial charge on any atom is -0.497 e. The summed E-state index contributed by atoms with van der Waals surface area (Å²) in [4.78, 5) is 2.62. The van der Waals surface area contributed by atoms with Gasteiger partial charge in [0.2, 0.25) is 0 Å². The fraction of sp³-hybridized carbons (Fsp3) is 0.222. The summed E-state index contributed by atoms with van der Waals surface area (Å²) in [6.45, 7) is 0.984. The lowest BCUT2D eigenvalue weighted by Crippen LogP contribution is -2.07. The molecule has 0 amide bonds. The van der Waals surface area contributed by atoms with Gasteiger partial charge in [-0.2, -0.15) is 0 Å². The first-order chi connectivity index (χ1) is 10.3. The molecular weight excluding hydrogens is 278 g/mol. The molecule has 0 saturated carbocycles. The van der Waals surface area contributed by atoms with Gasteiger partial charge in [-0.25, -0.2) is 0 Å². The van der Waals surface area contributed by atoms with Gasteiger partial charge in [-0.05, 0) is 61.0 Å². The molecule has 2 aromatic carbocycles. The molecule has 0 fully saturated rings. The third kappa shape index (κ3) is 2.85. The van der Waals surface area contributed by atoms with E-state index in [-0.39, 0.29) is 0 Å². The van der Waals surface area contributed by atoms with E-state index in [0.29, 0.717) is 0 Å². The average molecular weight is 297 g/mol. The topological polar surface area (TPSA) is 21.3 Å². The van der Waals surface area contributed by atoms with Crippen molar-refractivity contribution >= 4 is 17.3 Å². The van der Waals surface area contributed by atoms with E-state index < -0.39 is 0 Å². The highest BCUT2D eigenvalue weighted by Crippen LogP contribution is 2.46. The summed E-state index contributed by atoms with van der Waals surface area (Å²) < 4.78 is 5.39. The number of nitrogens with one attached hydrogen (secondary N) is 1. The van der Waals surface area contributed by atoms with Crippen LogP contribution < -0.4 is 10.1 Å². The molecule has 0 spiro atoms. The molecule has 0 unspecified atom stereocenters. The van der Waals surface area contributed by atoms with Crippen molar-refractivity contribution in [3.8, 4) is 5.75 Å². The Morgan fingerprint density at radius 2 is 1.90 bits per heavy atom. The van der Waals surface area contributed by atoms with Gasteiger partial charge in [0.1, 0.15) is 5.75 Å². The molecule has 1 N–H and O–H groups in total. The molecule has 0 atom stereocenters. The lowest BCUT2D eigenvalue weighted by atomic mass is 9.96. The van der Waals surface area contributed by atoms with E-state index in [2.05, 4.69) is 47.8 Å². The molecule has 0 saturated heterocycles. The lowest BCUT2D eigenvalue weighted by molar-refractivity contribution is 0.414. The molecule has 0 bridgehead atoms. The summed E-state index contributed by atoms with van der Waals surface area (Å²) in [5.41, 5.74) is 3.90. The second-order valence-corrected chi connectivity index (χ2v) is 6.05. The van der Waals surface area contributed by atoms with Crippen molar-refractivity contribution in [1.29, 1.82) is 0 Å². The van der Waals surface area contributed by atoms with Crippen molar-refractivity contribution in [1.82, 2.24) is 5.32 Å². The van der Waals surface area contributed by atoms with E-state index >= 15 is 0 Å². The third-order valence-electron chi connectivity index (χ3n) is 3.62. The summed E-state index contributed by atoms with van der Waals surface area (Å²) in [6, 6.07) is 14.9. The van der Waals surface area contributed by atoms with Crippen LogP contribution in [0.2, 0.25) is 0 Å². The number of hydrogen-bond donors (Lipinski definition) is 1. The van der Waals surface area contributed by atoms with Gasteiger partial charge >= 0.3 is 0 Å². The quantitative estimate of drug-likeness (QED) is 0.729. The molecule has 2 aromatic rings. The van der Waals surface area contributed by atoms with E-state index in [9.17, 15) is 0 Å². The highest BCUT2D eigenvalue weighted by Gasteiger charge is 2.20. The van der Waals surface area contributed by atoms with Crippen LogP contribution >= 0.6 is 11.8 Å². The molecule has 0 aromatic heterocycles. The van der Waals surface area contributed by atoms with Crippen molar-refractivity contribution in [3.05, 3.63) is 59.7 Å². The maximum absolute atomic E-state index is 5.39. The summed E-state index contributed by atoms with van der Waals surface area (Å²) in [7, 11) is 3.70. The number of rotatable bonds is 4. The van der Waals surface area contributed by atoms with E-state index in [1.165, 1.54) is 26.5 Å². The van der Waals surface area contributed by atoms with Crippen LogP contribution in [-0.2, 0) is 0 Å². The van der Waals surface area contributed by atoms with Crippen molar-refractivity contribution in [2.75, 3.05) is 20.7 Å². The second-order valence-electron chi connectivity index (χ2n) is 4.97. The zero-order valence-corrected chi connectivity index (χ0v) is 13.2. The Morgan fingerprint density at radius 1 is 1.10 bits per heavy atom. The van der Waals surface area contributed by atoms with Gasteiger partial charge in [-0.15, -0.1) is 0 Å². The number of hydrogen-bond acceptors (Lipinski definition) is 3.